The zero-order valence-corrected chi connectivity index (χ0v) is 13.3. The van der Waals surface area contributed by atoms with E-state index < -0.39 is 5.60 Å². The number of hydrogen-bond acceptors (Lipinski definition) is 6. The molecule has 2 aromatic heterocycles. The number of rotatable bonds is 6. The maximum atomic E-state index is 10.4. The quantitative estimate of drug-likeness (QED) is 0.764. The molecule has 0 aliphatic heterocycles. The Labute approximate surface area is 123 Å². The number of aromatic nitrogens is 2. The zero-order valence-electron chi connectivity index (χ0n) is 12.4. The number of nitrogens with one attached hydrogen (secondary N) is 2. The summed E-state index contributed by atoms with van der Waals surface area (Å²) in [6.45, 7) is 6.54. The van der Waals surface area contributed by atoms with Crippen molar-refractivity contribution in [2.24, 2.45) is 0 Å². The monoisotopic (exact) mass is 294 g/mol. The van der Waals surface area contributed by atoms with E-state index in [1.807, 2.05) is 13.8 Å². The van der Waals surface area contributed by atoms with Crippen LogP contribution in [-0.4, -0.2) is 34.3 Å². The van der Waals surface area contributed by atoms with Crippen LogP contribution >= 0.6 is 11.3 Å². The Kier molecular flexibility index (Phi) is 4.45. The second-order valence-corrected chi connectivity index (χ2v) is 6.24. The van der Waals surface area contributed by atoms with Gasteiger partial charge in [-0.2, -0.15) is 4.98 Å². The molecular weight excluding hydrogens is 272 g/mol. The smallest absolute Gasteiger partial charge is 0.225 e. The third-order valence-electron chi connectivity index (χ3n) is 3.64. The number of thiophene rings is 1. The van der Waals surface area contributed by atoms with Crippen molar-refractivity contribution in [1.29, 1.82) is 0 Å². The molecule has 6 heteroatoms. The predicted octanol–water partition coefficient (Wildman–Crippen LogP) is 3.00. The lowest BCUT2D eigenvalue weighted by molar-refractivity contribution is 0.0456. The topological polar surface area (TPSA) is 70.1 Å². The molecular formula is C14H22N4OS. The number of anilines is 2. The molecule has 0 aliphatic rings. The molecule has 3 N–H and O–H groups in total. The molecule has 0 radical (unpaired) electrons. The first-order valence-electron chi connectivity index (χ1n) is 6.93. The van der Waals surface area contributed by atoms with E-state index in [0.29, 0.717) is 25.3 Å². The third kappa shape index (κ3) is 3.02. The lowest BCUT2D eigenvalue weighted by Gasteiger charge is -2.25. The lowest BCUT2D eigenvalue weighted by Crippen LogP contribution is -2.35. The van der Waals surface area contributed by atoms with E-state index in [4.69, 9.17) is 0 Å². The van der Waals surface area contributed by atoms with Gasteiger partial charge in [0.05, 0.1) is 11.0 Å². The highest BCUT2D eigenvalue weighted by Crippen LogP contribution is 2.30. The molecule has 0 aliphatic carbocycles. The van der Waals surface area contributed by atoms with Gasteiger partial charge in [-0.1, -0.05) is 13.8 Å². The van der Waals surface area contributed by atoms with Crippen LogP contribution in [0.1, 0.15) is 31.6 Å². The summed E-state index contributed by atoms with van der Waals surface area (Å²) in [6, 6.07) is 2.08. The molecule has 0 spiro atoms. The first-order chi connectivity index (χ1) is 9.51. The fourth-order valence-electron chi connectivity index (χ4n) is 2.04. The summed E-state index contributed by atoms with van der Waals surface area (Å²) in [5.41, 5.74) is -0.692. The fraction of sp³-hybridized carbons (Fsp3) is 0.571. The van der Waals surface area contributed by atoms with Gasteiger partial charge in [0.1, 0.15) is 10.6 Å². The highest BCUT2D eigenvalue weighted by molar-refractivity contribution is 7.18. The second kappa shape index (κ2) is 5.93. The molecule has 2 heterocycles. The van der Waals surface area contributed by atoms with Crippen LogP contribution in [0.25, 0.3) is 10.2 Å². The van der Waals surface area contributed by atoms with Crippen LogP contribution < -0.4 is 10.6 Å². The van der Waals surface area contributed by atoms with Crippen molar-refractivity contribution in [3.05, 3.63) is 10.9 Å². The highest BCUT2D eigenvalue weighted by atomic mass is 32.1. The molecule has 110 valence electrons. The third-order valence-corrected chi connectivity index (χ3v) is 4.59. The largest absolute Gasteiger partial charge is 0.388 e. The van der Waals surface area contributed by atoms with E-state index in [-0.39, 0.29) is 0 Å². The average molecular weight is 294 g/mol. The van der Waals surface area contributed by atoms with Gasteiger partial charge in [0.25, 0.3) is 0 Å². The molecule has 0 atom stereocenters. The van der Waals surface area contributed by atoms with Crippen LogP contribution in [0.3, 0.4) is 0 Å². The number of nitrogens with zero attached hydrogens (tertiary/aromatic N) is 2. The summed E-state index contributed by atoms with van der Waals surface area (Å²) in [6.07, 6.45) is 1.43. The molecule has 5 nitrogen and oxygen atoms in total. The van der Waals surface area contributed by atoms with E-state index in [1.54, 1.807) is 18.4 Å². The summed E-state index contributed by atoms with van der Waals surface area (Å²) in [5.74, 6) is 1.38. The second-order valence-electron chi connectivity index (χ2n) is 5.01. The summed E-state index contributed by atoms with van der Waals surface area (Å²) < 4.78 is 0. The highest BCUT2D eigenvalue weighted by Gasteiger charge is 2.22. The molecule has 0 saturated carbocycles. The van der Waals surface area contributed by atoms with Crippen LogP contribution in [0.4, 0.5) is 11.8 Å². The van der Waals surface area contributed by atoms with E-state index in [2.05, 4.69) is 33.6 Å². The van der Waals surface area contributed by atoms with Gasteiger partial charge >= 0.3 is 0 Å². The summed E-state index contributed by atoms with van der Waals surface area (Å²) >= 11 is 1.65. The minimum absolute atomic E-state index is 0.490. The minimum atomic E-state index is -0.692. The van der Waals surface area contributed by atoms with Crippen LogP contribution in [0.5, 0.6) is 0 Å². The molecule has 20 heavy (non-hydrogen) atoms. The summed E-state index contributed by atoms with van der Waals surface area (Å²) in [7, 11) is 1.81. The summed E-state index contributed by atoms with van der Waals surface area (Å²) in [5, 5.41) is 17.6. The van der Waals surface area contributed by atoms with Crippen LogP contribution in [0.2, 0.25) is 0 Å². The number of aryl methyl sites for hydroxylation is 1. The van der Waals surface area contributed by atoms with Gasteiger partial charge in [0, 0.05) is 18.5 Å². The van der Waals surface area contributed by atoms with Crippen molar-refractivity contribution in [3.8, 4) is 0 Å². The number of fused-ring (bicyclic) bond motifs is 1. The molecule has 0 aromatic carbocycles. The van der Waals surface area contributed by atoms with Gasteiger partial charge in [-0.15, -0.1) is 11.3 Å². The molecule has 0 unspecified atom stereocenters. The average Bonchev–Trinajstić information content (AvgIpc) is 2.84. The fourth-order valence-corrected chi connectivity index (χ4v) is 2.92. The zero-order chi connectivity index (χ0) is 14.8. The van der Waals surface area contributed by atoms with E-state index >= 15 is 0 Å². The van der Waals surface area contributed by atoms with Gasteiger partial charge in [0.15, 0.2) is 0 Å². The van der Waals surface area contributed by atoms with Gasteiger partial charge in [0.2, 0.25) is 5.95 Å². The first-order valence-corrected chi connectivity index (χ1v) is 7.75. The molecule has 0 fully saturated rings. The standard InChI is InChI=1S/C14H22N4OS/c1-5-14(19,6-2)8-16-11-10-7-9(3)20-12(10)18-13(15-4)17-11/h7,19H,5-6,8H2,1-4H3,(H2,15,16,17,18). The molecule has 2 rings (SSSR count). The molecule has 2 aromatic rings. The molecule has 0 saturated heterocycles. The van der Waals surface area contributed by atoms with Crippen molar-refractivity contribution in [3.63, 3.8) is 0 Å². The van der Waals surface area contributed by atoms with Gasteiger partial charge in [-0.25, -0.2) is 4.98 Å². The van der Waals surface area contributed by atoms with Gasteiger partial charge in [-0.05, 0) is 25.8 Å². The van der Waals surface area contributed by atoms with Gasteiger partial charge in [-0.3, -0.25) is 0 Å². The van der Waals surface area contributed by atoms with Gasteiger partial charge < -0.3 is 15.7 Å². The van der Waals surface area contributed by atoms with Crippen molar-refractivity contribution in [2.45, 2.75) is 39.2 Å². The summed E-state index contributed by atoms with van der Waals surface area (Å²) in [4.78, 5) is 11.1. The predicted molar refractivity (Wildman–Crippen MR) is 85.7 cm³/mol. The Hall–Kier alpha value is -1.40. The SMILES string of the molecule is CCC(O)(CC)CNc1nc(NC)nc2sc(C)cc12. The Morgan fingerprint density at radius 3 is 2.60 bits per heavy atom. The minimum Gasteiger partial charge on any atom is -0.388 e. The Morgan fingerprint density at radius 2 is 2.00 bits per heavy atom. The number of hydrogen-bond donors (Lipinski definition) is 3. The van der Waals surface area contributed by atoms with Crippen LogP contribution in [0, 0.1) is 6.92 Å². The number of aliphatic hydroxyl groups is 1. The van der Waals surface area contributed by atoms with Crippen LogP contribution in [-0.2, 0) is 0 Å². The van der Waals surface area contributed by atoms with E-state index in [9.17, 15) is 5.11 Å². The van der Waals surface area contributed by atoms with E-state index in [0.717, 1.165) is 16.0 Å². The van der Waals surface area contributed by atoms with Crippen molar-refractivity contribution in [1.82, 2.24) is 9.97 Å². The molecule has 0 bridgehead atoms. The normalized spacial score (nSPS) is 11.8. The Bertz CT molecular complexity index is 592. The maximum Gasteiger partial charge on any atom is 0.225 e. The van der Waals surface area contributed by atoms with Crippen molar-refractivity contribution < 1.29 is 5.11 Å². The van der Waals surface area contributed by atoms with E-state index in [1.165, 1.54) is 4.88 Å². The first kappa shape index (κ1) is 15.0. The lowest BCUT2D eigenvalue weighted by atomic mass is 9.98. The Morgan fingerprint density at radius 1 is 1.30 bits per heavy atom. The van der Waals surface area contributed by atoms with Crippen LogP contribution in [0.15, 0.2) is 6.07 Å². The Balaban J connectivity index is 2.32. The molecule has 0 amide bonds. The van der Waals surface area contributed by atoms with Crippen molar-refractivity contribution >= 4 is 33.3 Å². The van der Waals surface area contributed by atoms with Crippen molar-refractivity contribution in [2.75, 3.05) is 24.2 Å². The maximum absolute atomic E-state index is 10.4.